The van der Waals surface area contributed by atoms with E-state index < -0.39 is 5.91 Å². The molecule has 7 heteroatoms. The zero-order valence-electron chi connectivity index (χ0n) is 13.4. The highest BCUT2D eigenvalue weighted by Crippen LogP contribution is 2.31. The Hall–Kier alpha value is -2.54. The zero-order chi connectivity index (χ0) is 16.5. The molecular formula is C17H21N5O2. The van der Waals surface area contributed by atoms with Gasteiger partial charge in [-0.25, -0.2) is 4.68 Å². The first-order chi connectivity index (χ1) is 11.7. The number of nitrogens with two attached hydrogens (primary N) is 1. The topological polar surface area (TPSA) is 94.2 Å². The van der Waals surface area contributed by atoms with Gasteiger partial charge in [0.15, 0.2) is 0 Å². The normalized spacial score (nSPS) is 22.0. The van der Waals surface area contributed by atoms with Gasteiger partial charge >= 0.3 is 0 Å². The minimum absolute atomic E-state index is 0.315. The van der Waals surface area contributed by atoms with Gasteiger partial charge in [0.25, 0.3) is 5.91 Å². The molecule has 2 atom stereocenters. The van der Waals surface area contributed by atoms with E-state index in [2.05, 4.69) is 21.8 Å². The van der Waals surface area contributed by atoms with Gasteiger partial charge in [0.05, 0.1) is 12.8 Å². The fraction of sp³-hybridized carbons (Fsp3) is 0.412. The number of ether oxygens (including phenoxy) is 1. The van der Waals surface area contributed by atoms with Gasteiger partial charge in [0.1, 0.15) is 17.1 Å². The first-order valence-electron chi connectivity index (χ1n) is 8.27. The molecule has 2 aliphatic rings. The SMILES string of the molecule is NC(=O)c1cnn2c1NC[C@@H](CN[C@H]1CCOc3ccccc31)C2. The number of hydrogen-bond acceptors (Lipinski definition) is 5. The molecule has 126 valence electrons. The van der Waals surface area contributed by atoms with Crippen molar-refractivity contribution in [1.29, 1.82) is 0 Å². The summed E-state index contributed by atoms with van der Waals surface area (Å²) in [5.41, 5.74) is 7.05. The summed E-state index contributed by atoms with van der Waals surface area (Å²) < 4.78 is 7.53. The third-order valence-electron chi connectivity index (χ3n) is 4.71. The summed E-state index contributed by atoms with van der Waals surface area (Å²) in [6.45, 7) is 3.18. The lowest BCUT2D eigenvalue weighted by molar-refractivity contribution is 0.100. The minimum Gasteiger partial charge on any atom is -0.493 e. The third-order valence-corrected chi connectivity index (χ3v) is 4.71. The lowest BCUT2D eigenvalue weighted by atomic mass is 9.99. The number of primary amides is 1. The van der Waals surface area contributed by atoms with Gasteiger partial charge in [-0.2, -0.15) is 5.10 Å². The number of amides is 1. The summed E-state index contributed by atoms with van der Waals surface area (Å²) in [6.07, 6.45) is 2.51. The maximum Gasteiger partial charge on any atom is 0.254 e. The van der Waals surface area contributed by atoms with E-state index >= 15 is 0 Å². The summed E-state index contributed by atoms with van der Waals surface area (Å²) in [6, 6.07) is 8.51. The number of carbonyl (C=O) groups excluding carboxylic acids is 1. The Kier molecular flexibility index (Phi) is 3.86. The number of hydrogen-bond donors (Lipinski definition) is 3. The first-order valence-corrected chi connectivity index (χ1v) is 8.27. The second-order valence-electron chi connectivity index (χ2n) is 6.34. The number of aromatic nitrogens is 2. The molecule has 3 heterocycles. The summed E-state index contributed by atoms with van der Waals surface area (Å²) in [7, 11) is 0. The highest BCUT2D eigenvalue weighted by Gasteiger charge is 2.26. The number of rotatable bonds is 4. The van der Waals surface area contributed by atoms with Crippen LogP contribution in [-0.2, 0) is 6.54 Å². The van der Waals surface area contributed by atoms with E-state index in [0.717, 1.165) is 44.2 Å². The van der Waals surface area contributed by atoms with Crippen molar-refractivity contribution < 1.29 is 9.53 Å². The van der Waals surface area contributed by atoms with Gasteiger partial charge in [-0.05, 0) is 6.07 Å². The molecule has 1 aromatic heterocycles. The van der Waals surface area contributed by atoms with E-state index in [-0.39, 0.29) is 0 Å². The first kappa shape index (κ1) is 15.0. The van der Waals surface area contributed by atoms with Crippen LogP contribution < -0.4 is 21.1 Å². The van der Waals surface area contributed by atoms with Gasteiger partial charge in [-0.1, -0.05) is 18.2 Å². The molecule has 1 amide bonds. The Morgan fingerprint density at radius 1 is 1.46 bits per heavy atom. The van der Waals surface area contributed by atoms with Crippen LogP contribution in [0, 0.1) is 5.92 Å². The zero-order valence-corrected chi connectivity index (χ0v) is 13.4. The van der Waals surface area contributed by atoms with E-state index in [9.17, 15) is 4.79 Å². The van der Waals surface area contributed by atoms with Crippen LogP contribution in [0.3, 0.4) is 0 Å². The lowest BCUT2D eigenvalue weighted by Gasteiger charge is -2.30. The quantitative estimate of drug-likeness (QED) is 0.783. The van der Waals surface area contributed by atoms with Crippen molar-refractivity contribution in [2.75, 3.05) is 25.0 Å². The van der Waals surface area contributed by atoms with Crippen molar-refractivity contribution in [3.05, 3.63) is 41.6 Å². The molecule has 0 bridgehead atoms. The predicted octanol–water partition coefficient (Wildman–Crippen LogP) is 1.14. The molecule has 0 saturated heterocycles. The van der Waals surface area contributed by atoms with E-state index in [0.29, 0.717) is 17.5 Å². The summed E-state index contributed by atoms with van der Waals surface area (Å²) in [5.74, 6) is 1.66. The standard InChI is InChI=1S/C17H21N5O2/c18-16(23)13-9-21-22-10-11(8-20-17(13)22)7-19-14-5-6-24-15-4-2-1-3-12(14)15/h1-4,9,11,14,19-20H,5-8,10H2,(H2,18,23)/t11-,14+/m1/s1. The number of nitrogens with one attached hydrogen (secondary N) is 2. The Balaban J connectivity index is 1.40. The van der Waals surface area contributed by atoms with E-state index in [4.69, 9.17) is 10.5 Å². The molecule has 0 saturated carbocycles. The van der Waals surface area contributed by atoms with Crippen LogP contribution in [0.25, 0.3) is 0 Å². The Bertz CT molecular complexity index is 757. The lowest BCUT2D eigenvalue weighted by Crippen LogP contribution is -2.38. The maximum atomic E-state index is 11.4. The van der Waals surface area contributed by atoms with Crippen molar-refractivity contribution in [3.8, 4) is 5.75 Å². The number of nitrogens with zero attached hydrogens (tertiary/aromatic N) is 2. The largest absolute Gasteiger partial charge is 0.493 e. The van der Waals surface area contributed by atoms with Crippen molar-refractivity contribution in [3.63, 3.8) is 0 Å². The highest BCUT2D eigenvalue weighted by atomic mass is 16.5. The minimum atomic E-state index is -0.445. The molecule has 0 radical (unpaired) electrons. The molecule has 7 nitrogen and oxygen atoms in total. The molecule has 4 rings (SSSR count). The molecule has 0 fully saturated rings. The van der Waals surface area contributed by atoms with Gasteiger partial charge in [-0.3, -0.25) is 4.79 Å². The number of carbonyl (C=O) groups is 1. The average molecular weight is 327 g/mol. The maximum absolute atomic E-state index is 11.4. The van der Waals surface area contributed by atoms with Gasteiger partial charge in [0, 0.05) is 43.6 Å². The Labute approximate surface area is 140 Å². The highest BCUT2D eigenvalue weighted by molar-refractivity contribution is 5.97. The van der Waals surface area contributed by atoms with Crippen molar-refractivity contribution in [1.82, 2.24) is 15.1 Å². The third kappa shape index (κ3) is 2.71. The summed E-state index contributed by atoms with van der Waals surface area (Å²) >= 11 is 0. The molecule has 0 unspecified atom stereocenters. The van der Waals surface area contributed by atoms with Crippen molar-refractivity contribution in [2.45, 2.75) is 19.0 Å². The molecule has 0 spiro atoms. The van der Waals surface area contributed by atoms with E-state index in [1.54, 1.807) is 0 Å². The Morgan fingerprint density at radius 3 is 3.21 bits per heavy atom. The molecule has 24 heavy (non-hydrogen) atoms. The average Bonchev–Trinajstić information content (AvgIpc) is 3.03. The van der Waals surface area contributed by atoms with E-state index in [1.807, 2.05) is 22.9 Å². The number of fused-ring (bicyclic) bond motifs is 2. The predicted molar refractivity (Wildman–Crippen MR) is 90.0 cm³/mol. The van der Waals surface area contributed by atoms with Gasteiger partial charge < -0.3 is 21.1 Å². The number of para-hydroxylation sites is 1. The van der Waals surface area contributed by atoms with Crippen LogP contribution >= 0.6 is 0 Å². The monoisotopic (exact) mass is 327 g/mol. The van der Waals surface area contributed by atoms with Crippen LogP contribution in [0.1, 0.15) is 28.4 Å². The molecule has 0 aliphatic carbocycles. The van der Waals surface area contributed by atoms with Crippen LogP contribution in [0.2, 0.25) is 0 Å². The van der Waals surface area contributed by atoms with Gasteiger partial charge in [-0.15, -0.1) is 0 Å². The fourth-order valence-corrected chi connectivity index (χ4v) is 3.44. The summed E-state index contributed by atoms with van der Waals surface area (Å²) in [5, 5.41) is 11.2. The fourth-order valence-electron chi connectivity index (χ4n) is 3.44. The van der Waals surface area contributed by atoms with Crippen LogP contribution in [0.15, 0.2) is 30.5 Å². The molecular weight excluding hydrogens is 306 g/mol. The summed E-state index contributed by atoms with van der Waals surface area (Å²) in [4.78, 5) is 11.4. The molecule has 2 aliphatic heterocycles. The smallest absolute Gasteiger partial charge is 0.254 e. The van der Waals surface area contributed by atoms with E-state index in [1.165, 1.54) is 11.8 Å². The van der Waals surface area contributed by atoms with Crippen LogP contribution in [-0.4, -0.2) is 35.4 Å². The van der Waals surface area contributed by atoms with Crippen molar-refractivity contribution in [2.24, 2.45) is 11.7 Å². The van der Waals surface area contributed by atoms with Crippen LogP contribution in [0.4, 0.5) is 5.82 Å². The molecule has 2 aromatic rings. The van der Waals surface area contributed by atoms with Gasteiger partial charge in [0.2, 0.25) is 0 Å². The van der Waals surface area contributed by atoms with Crippen molar-refractivity contribution >= 4 is 11.7 Å². The molecule has 1 aromatic carbocycles. The Morgan fingerprint density at radius 2 is 2.33 bits per heavy atom. The molecule has 4 N–H and O–H groups in total. The second kappa shape index (κ2) is 6.16. The number of anilines is 1. The second-order valence-corrected chi connectivity index (χ2v) is 6.34. The number of benzene rings is 1. The van der Waals surface area contributed by atoms with Crippen LogP contribution in [0.5, 0.6) is 5.75 Å².